The fraction of sp³-hybridized carbons (Fsp3) is 0.0952. The van der Waals surface area contributed by atoms with Crippen LogP contribution < -0.4 is 20.7 Å². The van der Waals surface area contributed by atoms with Gasteiger partial charge < -0.3 is 20.7 Å². The predicted molar refractivity (Wildman–Crippen MR) is 118 cm³/mol. The van der Waals surface area contributed by atoms with Gasteiger partial charge in [0.25, 0.3) is 0 Å². The molecule has 0 saturated carbocycles. The molecule has 4 aromatic rings. The summed E-state index contributed by atoms with van der Waals surface area (Å²) < 4.78 is 5.19. The van der Waals surface area contributed by atoms with E-state index in [2.05, 4.69) is 31.1 Å². The molecule has 0 aliphatic carbocycles. The first-order valence-corrected chi connectivity index (χ1v) is 10.1. The van der Waals surface area contributed by atoms with Crippen LogP contribution in [0.1, 0.15) is 5.56 Å². The smallest absolute Gasteiger partial charge is 0.319 e. The minimum absolute atomic E-state index is 0.277. The van der Waals surface area contributed by atoms with Crippen molar-refractivity contribution in [2.75, 3.05) is 17.7 Å². The molecule has 4 rings (SSSR count). The van der Waals surface area contributed by atoms with Crippen LogP contribution in [0.15, 0.2) is 66.3 Å². The van der Waals surface area contributed by atoms with Crippen LogP contribution >= 0.6 is 11.3 Å². The number of nitrogens with one attached hydrogen (secondary N) is 4. The number of carbonyl (C=O) groups is 1. The fourth-order valence-corrected chi connectivity index (χ4v) is 3.46. The predicted octanol–water partition coefficient (Wildman–Crippen LogP) is 4.61. The lowest BCUT2D eigenvalue weighted by molar-refractivity contribution is 0.251. The number of urea groups is 1. The third-order valence-corrected chi connectivity index (χ3v) is 5.05. The number of ether oxygens (including phenoxy) is 1. The molecule has 0 bridgehead atoms. The number of amides is 2. The Morgan fingerprint density at radius 3 is 2.57 bits per heavy atom. The molecule has 0 aliphatic rings. The van der Waals surface area contributed by atoms with E-state index in [1.165, 1.54) is 11.3 Å². The molecule has 0 unspecified atom stereocenters. The molecular weight excluding hydrogens is 400 g/mol. The first kappa shape index (κ1) is 19.5. The number of H-pyrrole nitrogens is 1. The van der Waals surface area contributed by atoms with Crippen molar-refractivity contribution < 1.29 is 9.53 Å². The summed E-state index contributed by atoms with van der Waals surface area (Å²) in [5, 5.41) is 18.2. The van der Waals surface area contributed by atoms with E-state index in [0.29, 0.717) is 12.2 Å². The Morgan fingerprint density at radius 1 is 1.10 bits per heavy atom. The van der Waals surface area contributed by atoms with E-state index in [4.69, 9.17) is 4.74 Å². The Morgan fingerprint density at radius 2 is 1.87 bits per heavy atom. The molecule has 2 aromatic carbocycles. The van der Waals surface area contributed by atoms with Gasteiger partial charge in [0.05, 0.1) is 19.0 Å². The number of nitrogens with zero attached hydrogens (tertiary/aromatic N) is 2. The van der Waals surface area contributed by atoms with Crippen LogP contribution in [0.3, 0.4) is 0 Å². The maximum atomic E-state index is 12.0. The van der Waals surface area contributed by atoms with Gasteiger partial charge in [-0.1, -0.05) is 0 Å². The Kier molecular flexibility index (Phi) is 5.90. The number of thiazole rings is 1. The van der Waals surface area contributed by atoms with Crippen molar-refractivity contribution in [1.82, 2.24) is 20.5 Å². The normalized spacial score (nSPS) is 10.4. The van der Waals surface area contributed by atoms with Crippen LogP contribution in [0.25, 0.3) is 11.3 Å². The first-order valence-electron chi connectivity index (χ1n) is 9.19. The van der Waals surface area contributed by atoms with E-state index >= 15 is 0 Å². The standard InChI is InChI=1S/C21H20N6O2S/c1-29-18-8-2-15(3-9-18)19-13-30-21(27-19)26-17-6-4-16(5-7-17)25-20(28)22-10-14-11-23-24-12-14/h2-9,11-13H,10H2,1H3,(H,23,24)(H,26,27)(H2,22,25,28). The van der Waals surface area contributed by atoms with E-state index < -0.39 is 0 Å². The minimum atomic E-state index is -0.277. The summed E-state index contributed by atoms with van der Waals surface area (Å²) in [5.41, 5.74) is 4.42. The lowest BCUT2D eigenvalue weighted by atomic mass is 10.2. The molecule has 0 aliphatic heterocycles. The highest BCUT2D eigenvalue weighted by atomic mass is 32.1. The third kappa shape index (κ3) is 4.95. The van der Waals surface area contributed by atoms with Gasteiger partial charge in [0.2, 0.25) is 0 Å². The molecule has 8 nitrogen and oxygen atoms in total. The van der Waals surface area contributed by atoms with Crippen molar-refractivity contribution >= 4 is 33.9 Å². The van der Waals surface area contributed by atoms with Crippen molar-refractivity contribution in [3.05, 3.63) is 71.9 Å². The van der Waals surface area contributed by atoms with Crippen LogP contribution in [-0.4, -0.2) is 28.3 Å². The van der Waals surface area contributed by atoms with Crippen LogP contribution in [0, 0.1) is 0 Å². The van der Waals surface area contributed by atoms with Gasteiger partial charge in [-0.15, -0.1) is 11.3 Å². The lowest BCUT2D eigenvalue weighted by Gasteiger charge is -2.08. The molecule has 0 saturated heterocycles. The van der Waals surface area contributed by atoms with Crippen molar-refractivity contribution in [2.45, 2.75) is 6.54 Å². The van der Waals surface area contributed by atoms with Crippen molar-refractivity contribution in [2.24, 2.45) is 0 Å². The van der Waals surface area contributed by atoms with Gasteiger partial charge in [-0.25, -0.2) is 9.78 Å². The summed E-state index contributed by atoms with van der Waals surface area (Å²) in [6, 6.07) is 15.0. The SMILES string of the molecule is COc1ccc(-c2csc(Nc3ccc(NC(=O)NCc4cn[nH]c4)cc3)n2)cc1. The van der Waals surface area contributed by atoms with E-state index in [0.717, 1.165) is 33.4 Å². The number of aromatic amines is 1. The summed E-state index contributed by atoms with van der Waals surface area (Å²) >= 11 is 1.53. The lowest BCUT2D eigenvalue weighted by Crippen LogP contribution is -2.27. The first-order chi connectivity index (χ1) is 14.7. The van der Waals surface area contributed by atoms with Crippen molar-refractivity contribution in [3.8, 4) is 17.0 Å². The third-order valence-electron chi connectivity index (χ3n) is 4.29. The summed E-state index contributed by atoms with van der Waals surface area (Å²) in [5.74, 6) is 0.816. The molecule has 0 radical (unpaired) electrons. The van der Waals surface area contributed by atoms with Crippen molar-refractivity contribution in [1.29, 1.82) is 0 Å². The van der Waals surface area contributed by atoms with Crippen molar-refractivity contribution in [3.63, 3.8) is 0 Å². The number of anilines is 3. The molecule has 4 N–H and O–H groups in total. The second kappa shape index (κ2) is 9.10. The number of aromatic nitrogens is 3. The van der Waals surface area contributed by atoms with Gasteiger partial charge in [0.1, 0.15) is 5.75 Å². The number of benzene rings is 2. The molecule has 152 valence electrons. The molecular formula is C21H20N6O2S. The monoisotopic (exact) mass is 420 g/mol. The number of rotatable bonds is 7. The molecule has 2 aromatic heterocycles. The second-order valence-electron chi connectivity index (χ2n) is 6.38. The Labute approximate surface area is 177 Å². The second-order valence-corrected chi connectivity index (χ2v) is 7.24. The number of carbonyl (C=O) groups excluding carboxylic acids is 1. The van der Waals surface area contributed by atoms with Gasteiger partial charge in [-0.3, -0.25) is 5.10 Å². The van der Waals surface area contributed by atoms with Gasteiger partial charge in [0, 0.05) is 40.6 Å². The molecule has 0 atom stereocenters. The summed E-state index contributed by atoms with van der Waals surface area (Å²) in [4.78, 5) is 16.6. The number of methoxy groups -OCH3 is 1. The van der Waals surface area contributed by atoms with Crippen LogP contribution in [-0.2, 0) is 6.54 Å². The zero-order valence-corrected chi connectivity index (χ0v) is 17.0. The Balaban J connectivity index is 1.32. The Bertz CT molecular complexity index is 1090. The summed E-state index contributed by atoms with van der Waals surface area (Å²) in [6.07, 6.45) is 3.40. The van der Waals surface area contributed by atoms with E-state index in [1.807, 2.05) is 53.9 Å². The largest absolute Gasteiger partial charge is 0.497 e. The topological polar surface area (TPSA) is 104 Å². The molecule has 0 spiro atoms. The van der Waals surface area contributed by atoms with E-state index in [1.54, 1.807) is 19.5 Å². The fourth-order valence-electron chi connectivity index (χ4n) is 2.72. The molecule has 2 amide bonds. The average molecular weight is 420 g/mol. The highest BCUT2D eigenvalue weighted by Gasteiger charge is 2.06. The highest BCUT2D eigenvalue weighted by Crippen LogP contribution is 2.28. The maximum absolute atomic E-state index is 12.0. The van der Waals surface area contributed by atoms with Crippen LogP contribution in [0.4, 0.5) is 21.3 Å². The summed E-state index contributed by atoms with van der Waals surface area (Å²) in [6.45, 7) is 0.405. The molecule has 0 fully saturated rings. The van der Waals surface area contributed by atoms with Gasteiger partial charge in [-0.05, 0) is 48.5 Å². The zero-order valence-electron chi connectivity index (χ0n) is 16.2. The van der Waals surface area contributed by atoms with Crippen LogP contribution in [0.2, 0.25) is 0 Å². The van der Waals surface area contributed by atoms with Gasteiger partial charge in [-0.2, -0.15) is 5.10 Å². The number of hydrogen-bond acceptors (Lipinski definition) is 6. The van der Waals surface area contributed by atoms with E-state index in [9.17, 15) is 4.79 Å². The quantitative estimate of drug-likeness (QED) is 0.350. The van der Waals surface area contributed by atoms with Crippen LogP contribution in [0.5, 0.6) is 5.75 Å². The highest BCUT2D eigenvalue weighted by molar-refractivity contribution is 7.14. The summed E-state index contributed by atoms with van der Waals surface area (Å²) in [7, 11) is 1.65. The number of hydrogen-bond donors (Lipinski definition) is 4. The average Bonchev–Trinajstić information content (AvgIpc) is 3.46. The minimum Gasteiger partial charge on any atom is -0.497 e. The molecule has 30 heavy (non-hydrogen) atoms. The maximum Gasteiger partial charge on any atom is 0.319 e. The van der Waals surface area contributed by atoms with Gasteiger partial charge in [0.15, 0.2) is 5.13 Å². The zero-order chi connectivity index (χ0) is 20.8. The molecule has 9 heteroatoms. The van der Waals surface area contributed by atoms with E-state index in [-0.39, 0.29) is 6.03 Å². The Hall–Kier alpha value is -3.85. The van der Waals surface area contributed by atoms with Gasteiger partial charge >= 0.3 is 6.03 Å². The molecule has 2 heterocycles.